The summed E-state index contributed by atoms with van der Waals surface area (Å²) >= 11 is 0. The molecule has 0 aliphatic rings. The van der Waals surface area contributed by atoms with E-state index in [-0.39, 0.29) is 17.7 Å². The Morgan fingerprint density at radius 3 is 2.58 bits per heavy atom. The standard InChI is InChI=1S/C21H20F5N3O2/c1-3-19(30)28-18-10-15(6-8-27-18)13(2)29-9-7-14-4-5-16(11-17(14)29)31-12-20(22,23)21(24,25)26/h4-11,13H,3,12H2,1-2H3,(H,27,28,30). The van der Waals surface area contributed by atoms with E-state index in [1.807, 2.05) is 11.5 Å². The molecule has 0 bridgehead atoms. The summed E-state index contributed by atoms with van der Waals surface area (Å²) in [6.45, 7) is 1.80. The van der Waals surface area contributed by atoms with Gasteiger partial charge in [-0.3, -0.25) is 4.79 Å². The molecular weight excluding hydrogens is 421 g/mol. The molecule has 1 amide bonds. The van der Waals surface area contributed by atoms with Crippen molar-refractivity contribution in [2.24, 2.45) is 0 Å². The number of anilines is 1. The highest BCUT2D eigenvalue weighted by molar-refractivity contribution is 5.89. The van der Waals surface area contributed by atoms with Crippen LogP contribution >= 0.6 is 0 Å². The molecule has 3 aromatic rings. The molecule has 166 valence electrons. The minimum atomic E-state index is -5.68. The van der Waals surface area contributed by atoms with E-state index in [9.17, 15) is 26.7 Å². The van der Waals surface area contributed by atoms with Crippen molar-refractivity contribution in [2.75, 3.05) is 11.9 Å². The molecule has 1 aromatic carbocycles. The van der Waals surface area contributed by atoms with Crippen LogP contribution in [0.3, 0.4) is 0 Å². The van der Waals surface area contributed by atoms with Gasteiger partial charge in [0.15, 0.2) is 6.61 Å². The Bertz CT molecular complexity index is 1080. The van der Waals surface area contributed by atoms with Crippen molar-refractivity contribution in [2.45, 2.75) is 38.4 Å². The van der Waals surface area contributed by atoms with Crippen molar-refractivity contribution in [1.29, 1.82) is 0 Å². The number of hydrogen-bond acceptors (Lipinski definition) is 3. The lowest BCUT2D eigenvalue weighted by Gasteiger charge is -2.20. The van der Waals surface area contributed by atoms with Gasteiger partial charge >= 0.3 is 12.1 Å². The summed E-state index contributed by atoms with van der Waals surface area (Å²) < 4.78 is 70.0. The van der Waals surface area contributed by atoms with Gasteiger partial charge in [0.2, 0.25) is 5.91 Å². The number of nitrogens with zero attached hydrogens (tertiary/aromatic N) is 2. The van der Waals surface area contributed by atoms with Crippen LogP contribution in [0.4, 0.5) is 27.8 Å². The van der Waals surface area contributed by atoms with E-state index >= 15 is 0 Å². The van der Waals surface area contributed by atoms with Crippen LogP contribution in [-0.4, -0.2) is 34.2 Å². The number of hydrogen-bond donors (Lipinski definition) is 1. The maximum Gasteiger partial charge on any atom is 0.456 e. The highest BCUT2D eigenvalue weighted by atomic mass is 19.4. The van der Waals surface area contributed by atoms with E-state index in [2.05, 4.69) is 10.3 Å². The van der Waals surface area contributed by atoms with Crippen molar-refractivity contribution in [3.05, 3.63) is 54.4 Å². The van der Waals surface area contributed by atoms with Gasteiger partial charge in [0.1, 0.15) is 11.6 Å². The van der Waals surface area contributed by atoms with Gasteiger partial charge in [-0.25, -0.2) is 4.98 Å². The normalized spacial score (nSPS) is 13.3. The summed E-state index contributed by atoms with van der Waals surface area (Å²) in [5.74, 6) is -4.84. The first kappa shape index (κ1) is 22.5. The van der Waals surface area contributed by atoms with E-state index in [0.717, 1.165) is 10.9 Å². The van der Waals surface area contributed by atoms with Gasteiger partial charge in [0.25, 0.3) is 0 Å². The number of rotatable bonds is 7. The molecule has 2 heterocycles. The molecule has 0 radical (unpaired) electrons. The number of fused-ring (bicyclic) bond motifs is 1. The molecule has 0 aliphatic carbocycles. The zero-order chi connectivity index (χ0) is 22.8. The van der Waals surface area contributed by atoms with Crippen LogP contribution in [0.25, 0.3) is 10.9 Å². The summed E-state index contributed by atoms with van der Waals surface area (Å²) in [7, 11) is 0. The fourth-order valence-electron chi connectivity index (χ4n) is 2.98. The summed E-state index contributed by atoms with van der Waals surface area (Å²) in [5.41, 5.74) is 1.41. The fraction of sp³-hybridized carbons (Fsp3) is 0.333. The monoisotopic (exact) mass is 441 g/mol. The zero-order valence-corrected chi connectivity index (χ0v) is 16.7. The quantitative estimate of drug-likeness (QED) is 0.488. The first-order chi connectivity index (χ1) is 14.5. The predicted molar refractivity (Wildman–Crippen MR) is 105 cm³/mol. The number of halogens is 5. The van der Waals surface area contributed by atoms with Gasteiger partial charge < -0.3 is 14.6 Å². The minimum absolute atomic E-state index is 0.103. The van der Waals surface area contributed by atoms with Crippen molar-refractivity contribution in [1.82, 2.24) is 9.55 Å². The van der Waals surface area contributed by atoms with Gasteiger partial charge in [-0.15, -0.1) is 0 Å². The van der Waals surface area contributed by atoms with Crippen LogP contribution in [0.1, 0.15) is 31.9 Å². The average molecular weight is 441 g/mol. The molecule has 0 fully saturated rings. The first-order valence-corrected chi connectivity index (χ1v) is 9.45. The summed E-state index contributed by atoms with van der Waals surface area (Å²) in [4.78, 5) is 15.7. The van der Waals surface area contributed by atoms with Gasteiger partial charge in [0, 0.05) is 24.9 Å². The number of amides is 1. The van der Waals surface area contributed by atoms with Crippen LogP contribution in [0, 0.1) is 0 Å². The van der Waals surface area contributed by atoms with E-state index in [4.69, 9.17) is 4.74 Å². The molecule has 3 rings (SSSR count). The molecule has 1 atom stereocenters. The summed E-state index contributed by atoms with van der Waals surface area (Å²) in [6.07, 6.45) is -2.05. The smallest absolute Gasteiger partial charge is 0.456 e. The second-order valence-corrected chi connectivity index (χ2v) is 6.99. The Hall–Kier alpha value is -3.17. The lowest BCUT2D eigenvalue weighted by molar-refractivity contribution is -0.290. The van der Waals surface area contributed by atoms with E-state index in [1.165, 1.54) is 12.1 Å². The number of carbonyl (C=O) groups is 1. The topological polar surface area (TPSA) is 56.2 Å². The number of alkyl halides is 5. The number of benzene rings is 1. The Kier molecular flexibility index (Phi) is 6.19. The lowest BCUT2D eigenvalue weighted by Crippen LogP contribution is -2.41. The Morgan fingerprint density at radius 1 is 1.16 bits per heavy atom. The van der Waals surface area contributed by atoms with Crippen molar-refractivity contribution in [3.63, 3.8) is 0 Å². The van der Waals surface area contributed by atoms with Crippen LogP contribution in [0.5, 0.6) is 5.75 Å². The van der Waals surface area contributed by atoms with E-state index in [1.54, 1.807) is 43.6 Å². The molecule has 1 N–H and O–H groups in total. The van der Waals surface area contributed by atoms with Crippen LogP contribution in [0.15, 0.2) is 48.8 Å². The highest BCUT2D eigenvalue weighted by Crippen LogP contribution is 2.36. The Morgan fingerprint density at radius 2 is 1.90 bits per heavy atom. The van der Waals surface area contributed by atoms with E-state index in [0.29, 0.717) is 17.8 Å². The molecule has 1 unspecified atom stereocenters. The molecule has 2 aromatic heterocycles. The highest BCUT2D eigenvalue weighted by Gasteiger charge is 2.58. The SMILES string of the molecule is CCC(=O)Nc1cc(C(C)n2ccc3ccc(OCC(F)(F)C(F)(F)F)cc32)ccn1. The lowest BCUT2D eigenvalue weighted by atomic mass is 10.1. The van der Waals surface area contributed by atoms with Crippen LogP contribution < -0.4 is 10.1 Å². The largest absolute Gasteiger partial charge is 0.487 e. The van der Waals surface area contributed by atoms with Crippen LogP contribution in [-0.2, 0) is 4.79 Å². The number of nitrogens with one attached hydrogen (secondary N) is 1. The van der Waals surface area contributed by atoms with E-state index < -0.39 is 18.7 Å². The average Bonchev–Trinajstić information content (AvgIpc) is 3.14. The summed E-state index contributed by atoms with van der Waals surface area (Å²) in [5, 5.41) is 3.44. The molecule has 31 heavy (non-hydrogen) atoms. The van der Waals surface area contributed by atoms with Gasteiger partial charge in [-0.05, 0) is 48.2 Å². The number of carbonyl (C=O) groups excluding carboxylic acids is 1. The molecule has 5 nitrogen and oxygen atoms in total. The number of ether oxygens (including phenoxy) is 1. The third-order valence-corrected chi connectivity index (χ3v) is 4.80. The van der Waals surface area contributed by atoms with Crippen LogP contribution in [0.2, 0.25) is 0 Å². The third-order valence-electron chi connectivity index (χ3n) is 4.80. The summed E-state index contributed by atoms with van der Waals surface area (Å²) in [6, 6.07) is 9.37. The molecule has 0 spiro atoms. The molecule has 0 saturated carbocycles. The molecular formula is C21H20F5N3O2. The molecule has 0 saturated heterocycles. The van der Waals surface area contributed by atoms with Crippen molar-refractivity contribution >= 4 is 22.6 Å². The zero-order valence-electron chi connectivity index (χ0n) is 16.7. The number of pyridine rings is 1. The third kappa shape index (κ3) is 4.95. The maximum atomic E-state index is 13.2. The van der Waals surface area contributed by atoms with Gasteiger partial charge in [-0.1, -0.05) is 6.92 Å². The van der Waals surface area contributed by atoms with Gasteiger partial charge in [0.05, 0.1) is 11.6 Å². The molecule has 10 heteroatoms. The minimum Gasteiger partial charge on any atom is -0.487 e. The Labute approximate surface area is 174 Å². The van der Waals surface area contributed by atoms with Crippen molar-refractivity contribution in [3.8, 4) is 5.75 Å². The fourth-order valence-corrected chi connectivity index (χ4v) is 2.98. The second kappa shape index (κ2) is 8.52. The molecule has 0 aliphatic heterocycles. The maximum absolute atomic E-state index is 13.2. The number of aromatic nitrogens is 2. The van der Waals surface area contributed by atoms with Crippen molar-refractivity contribution < 1.29 is 31.5 Å². The van der Waals surface area contributed by atoms with Gasteiger partial charge in [-0.2, -0.15) is 22.0 Å². The second-order valence-electron chi connectivity index (χ2n) is 6.99. The predicted octanol–water partition coefficient (Wildman–Crippen LogP) is 5.57. The Balaban J connectivity index is 1.85. The first-order valence-electron chi connectivity index (χ1n) is 9.45.